The number of allylic oxidation sites excluding steroid dienone is 2. The van der Waals surface area contributed by atoms with Crippen LogP contribution < -0.4 is 0 Å². The molecule has 2 unspecified atom stereocenters. The van der Waals surface area contributed by atoms with Crippen molar-refractivity contribution in [3.05, 3.63) is 23.8 Å². The standard InChI is InChI=1S/C15H26O/c1-11-10-12(13(2,3)4)8-9-15(11,16)14(5,6)7/h8-11,16H,1-7H3. The van der Waals surface area contributed by atoms with Crippen molar-refractivity contribution in [2.24, 2.45) is 16.7 Å². The summed E-state index contributed by atoms with van der Waals surface area (Å²) < 4.78 is 0. The van der Waals surface area contributed by atoms with Gasteiger partial charge in [0, 0.05) is 5.92 Å². The molecule has 2 atom stereocenters. The summed E-state index contributed by atoms with van der Waals surface area (Å²) >= 11 is 0. The Labute approximate surface area is 100 Å². The Bertz CT molecular complexity index is 322. The first kappa shape index (κ1) is 13.5. The Hall–Kier alpha value is -0.560. The molecule has 1 aliphatic carbocycles. The third-order valence-corrected chi connectivity index (χ3v) is 3.71. The summed E-state index contributed by atoms with van der Waals surface area (Å²) in [6.07, 6.45) is 6.29. The Morgan fingerprint density at radius 1 is 1.12 bits per heavy atom. The van der Waals surface area contributed by atoms with E-state index in [1.807, 2.05) is 6.08 Å². The predicted octanol–water partition coefficient (Wildman–Crippen LogP) is 3.94. The van der Waals surface area contributed by atoms with E-state index in [1.165, 1.54) is 5.57 Å². The van der Waals surface area contributed by atoms with Crippen LogP contribution in [0.15, 0.2) is 23.8 Å². The van der Waals surface area contributed by atoms with Crippen LogP contribution in [0.3, 0.4) is 0 Å². The highest BCUT2D eigenvalue weighted by atomic mass is 16.3. The molecule has 0 heterocycles. The van der Waals surface area contributed by atoms with Crippen molar-refractivity contribution in [1.82, 2.24) is 0 Å². The Kier molecular flexibility index (Phi) is 3.15. The van der Waals surface area contributed by atoms with Crippen molar-refractivity contribution in [3.63, 3.8) is 0 Å². The third-order valence-electron chi connectivity index (χ3n) is 3.71. The van der Waals surface area contributed by atoms with Gasteiger partial charge in [-0.15, -0.1) is 0 Å². The van der Waals surface area contributed by atoms with Crippen LogP contribution in [0, 0.1) is 16.7 Å². The van der Waals surface area contributed by atoms with Crippen molar-refractivity contribution < 1.29 is 5.11 Å². The molecule has 0 aliphatic heterocycles. The molecule has 0 aromatic heterocycles. The minimum absolute atomic E-state index is 0.136. The minimum atomic E-state index is -0.734. The van der Waals surface area contributed by atoms with Crippen LogP contribution in [0.4, 0.5) is 0 Å². The molecule has 1 N–H and O–H groups in total. The van der Waals surface area contributed by atoms with E-state index in [9.17, 15) is 5.11 Å². The van der Waals surface area contributed by atoms with Crippen molar-refractivity contribution in [2.75, 3.05) is 0 Å². The SMILES string of the molecule is CC1C=C(C(C)(C)C)C=CC1(O)C(C)(C)C. The van der Waals surface area contributed by atoms with Gasteiger partial charge in [0.05, 0.1) is 5.60 Å². The lowest BCUT2D eigenvalue weighted by Gasteiger charge is -2.44. The van der Waals surface area contributed by atoms with Gasteiger partial charge >= 0.3 is 0 Å². The van der Waals surface area contributed by atoms with E-state index in [2.05, 4.69) is 60.6 Å². The van der Waals surface area contributed by atoms with E-state index in [-0.39, 0.29) is 16.7 Å². The molecule has 1 rings (SSSR count). The molecule has 0 radical (unpaired) electrons. The van der Waals surface area contributed by atoms with E-state index in [1.54, 1.807) is 0 Å². The van der Waals surface area contributed by atoms with E-state index >= 15 is 0 Å². The first-order valence-electron chi connectivity index (χ1n) is 6.12. The maximum atomic E-state index is 10.7. The molecule has 92 valence electrons. The minimum Gasteiger partial charge on any atom is -0.385 e. The van der Waals surface area contributed by atoms with Crippen molar-refractivity contribution in [1.29, 1.82) is 0 Å². The van der Waals surface area contributed by atoms with Gasteiger partial charge < -0.3 is 5.11 Å². The number of hydrogen-bond donors (Lipinski definition) is 1. The molecular formula is C15H26O. The van der Waals surface area contributed by atoms with Gasteiger partial charge in [0.1, 0.15) is 0 Å². The fourth-order valence-corrected chi connectivity index (χ4v) is 2.25. The van der Waals surface area contributed by atoms with Crippen molar-refractivity contribution in [3.8, 4) is 0 Å². The zero-order chi connectivity index (χ0) is 12.8. The average molecular weight is 222 g/mol. The topological polar surface area (TPSA) is 20.2 Å². The molecule has 16 heavy (non-hydrogen) atoms. The van der Waals surface area contributed by atoms with E-state index in [0.717, 1.165) is 0 Å². The maximum absolute atomic E-state index is 10.7. The largest absolute Gasteiger partial charge is 0.385 e. The second-order valence-corrected chi connectivity index (χ2v) is 7.07. The lowest BCUT2D eigenvalue weighted by atomic mass is 9.65. The van der Waals surface area contributed by atoms with E-state index in [0.29, 0.717) is 0 Å². The van der Waals surface area contributed by atoms with Crippen molar-refractivity contribution in [2.45, 2.75) is 54.1 Å². The van der Waals surface area contributed by atoms with Crippen LogP contribution in [-0.4, -0.2) is 10.7 Å². The molecule has 0 aromatic rings. The molecule has 0 saturated heterocycles. The third kappa shape index (κ3) is 2.24. The smallest absolute Gasteiger partial charge is 0.0938 e. The van der Waals surface area contributed by atoms with E-state index < -0.39 is 5.60 Å². The van der Waals surface area contributed by atoms with Crippen molar-refractivity contribution >= 4 is 0 Å². The molecular weight excluding hydrogens is 196 g/mol. The lowest BCUT2D eigenvalue weighted by molar-refractivity contribution is -0.0447. The lowest BCUT2D eigenvalue weighted by Crippen LogP contribution is -2.47. The monoisotopic (exact) mass is 222 g/mol. The second-order valence-electron chi connectivity index (χ2n) is 7.07. The zero-order valence-corrected chi connectivity index (χ0v) is 11.8. The highest BCUT2D eigenvalue weighted by Gasteiger charge is 2.43. The highest BCUT2D eigenvalue weighted by Crippen LogP contribution is 2.43. The fourth-order valence-electron chi connectivity index (χ4n) is 2.25. The molecule has 1 aliphatic rings. The van der Waals surface area contributed by atoms with Crippen LogP contribution in [0.25, 0.3) is 0 Å². The molecule has 0 saturated carbocycles. The summed E-state index contributed by atoms with van der Waals surface area (Å²) in [5.74, 6) is 0.159. The first-order valence-corrected chi connectivity index (χ1v) is 6.12. The number of rotatable bonds is 0. The van der Waals surface area contributed by atoms with Gasteiger partial charge in [-0.1, -0.05) is 66.7 Å². The summed E-state index contributed by atoms with van der Waals surface area (Å²) in [5.41, 5.74) is 0.600. The fraction of sp³-hybridized carbons (Fsp3) is 0.733. The van der Waals surface area contributed by atoms with Crippen LogP contribution in [-0.2, 0) is 0 Å². The van der Waals surface area contributed by atoms with Gasteiger partial charge in [-0.3, -0.25) is 0 Å². The van der Waals surface area contributed by atoms with Gasteiger partial charge in [-0.05, 0) is 16.4 Å². The summed E-state index contributed by atoms with van der Waals surface area (Å²) in [4.78, 5) is 0. The highest BCUT2D eigenvalue weighted by molar-refractivity contribution is 5.34. The van der Waals surface area contributed by atoms with Gasteiger partial charge in [0.2, 0.25) is 0 Å². The van der Waals surface area contributed by atoms with Gasteiger partial charge in [-0.25, -0.2) is 0 Å². The summed E-state index contributed by atoms with van der Waals surface area (Å²) in [5, 5.41) is 10.7. The molecule has 0 spiro atoms. The van der Waals surface area contributed by atoms with Crippen LogP contribution in [0.1, 0.15) is 48.5 Å². The normalized spacial score (nSPS) is 31.5. The van der Waals surface area contributed by atoms with Gasteiger partial charge in [-0.2, -0.15) is 0 Å². The Morgan fingerprint density at radius 3 is 1.94 bits per heavy atom. The Morgan fingerprint density at radius 2 is 1.62 bits per heavy atom. The predicted molar refractivity (Wildman–Crippen MR) is 70.2 cm³/mol. The summed E-state index contributed by atoms with van der Waals surface area (Å²) in [6, 6.07) is 0. The molecule has 1 nitrogen and oxygen atoms in total. The van der Waals surface area contributed by atoms with Crippen LogP contribution in [0.5, 0.6) is 0 Å². The summed E-state index contributed by atoms with van der Waals surface area (Å²) in [7, 11) is 0. The molecule has 0 amide bonds. The average Bonchev–Trinajstić information content (AvgIpc) is 2.05. The molecule has 0 bridgehead atoms. The van der Waals surface area contributed by atoms with E-state index in [4.69, 9.17) is 0 Å². The Balaban J connectivity index is 3.07. The van der Waals surface area contributed by atoms with Gasteiger partial charge in [0.15, 0.2) is 0 Å². The maximum Gasteiger partial charge on any atom is 0.0938 e. The zero-order valence-electron chi connectivity index (χ0n) is 11.8. The van der Waals surface area contributed by atoms with Gasteiger partial charge in [0.25, 0.3) is 0 Å². The molecule has 0 aromatic carbocycles. The molecule has 1 heteroatoms. The molecule has 0 fully saturated rings. The van der Waals surface area contributed by atoms with Crippen LogP contribution in [0.2, 0.25) is 0 Å². The number of aliphatic hydroxyl groups is 1. The summed E-state index contributed by atoms with van der Waals surface area (Å²) in [6.45, 7) is 15.0. The van der Waals surface area contributed by atoms with Crippen LogP contribution >= 0.6 is 0 Å². The first-order chi connectivity index (χ1) is 6.98. The number of hydrogen-bond acceptors (Lipinski definition) is 1. The quantitative estimate of drug-likeness (QED) is 0.658. The second kappa shape index (κ2) is 3.73.